The van der Waals surface area contributed by atoms with Gasteiger partial charge in [0.25, 0.3) is 0 Å². The highest BCUT2D eigenvalue weighted by atomic mass is 16.3. The molecule has 2 heterocycles. The molecule has 0 fully saturated rings. The Labute approximate surface area is 359 Å². The Kier molecular flexibility index (Phi) is 7.52. The zero-order valence-corrected chi connectivity index (χ0v) is 33.6. The Bertz CT molecular complexity index is 3530. The fourth-order valence-electron chi connectivity index (χ4n) is 10.5. The second kappa shape index (κ2) is 13.4. The maximum absolute atomic E-state index is 6.41. The Balaban J connectivity index is 1.08. The van der Waals surface area contributed by atoms with E-state index in [9.17, 15) is 0 Å². The lowest BCUT2D eigenvalue weighted by Crippen LogP contribution is -2.29. The highest BCUT2D eigenvalue weighted by Gasteiger charge is 2.49. The molecule has 9 aromatic carbocycles. The van der Waals surface area contributed by atoms with E-state index in [1.807, 2.05) is 12.1 Å². The first-order valence-corrected chi connectivity index (χ1v) is 21.2. The summed E-state index contributed by atoms with van der Waals surface area (Å²) in [5.74, 6) is 0.664. The van der Waals surface area contributed by atoms with Crippen LogP contribution in [0.3, 0.4) is 0 Å². The van der Waals surface area contributed by atoms with E-state index in [-0.39, 0.29) is 0 Å². The number of hydrogen-bond acceptors (Lipinski definition) is 3. The molecule has 288 valence electrons. The van der Waals surface area contributed by atoms with Crippen molar-refractivity contribution < 1.29 is 4.42 Å². The number of benzene rings is 9. The second-order valence-corrected chi connectivity index (χ2v) is 16.4. The van der Waals surface area contributed by atoms with Crippen LogP contribution in [0.25, 0.3) is 100 Å². The smallest absolute Gasteiger partial charge is 0.160 e. The van der Waals surface area contributed by atoms with E-state index in [1.54, 1.807) is 0 Å². The van der Waals surface area contributed by atoms with Crippen LogP contribution >= 0.6 is 0 Å². The molecule has 0 unspecified atom stereocenters. The Hall–Kier alpha value is -8.14. The number of fused-ring (bicyclic) bond motifs is 15. The molecule has 0 aliphatic heterocycles. The minimum atomic E-state index is -0.610. The van der Waals surface area contributed by atoms with Crippen LogP contribution in [0.4, 0.5) is 0 Å². The molecule has 0 radical (unpaired) electrons. The van der Waals surface area contributed by atoms with E-state index in [0.717, 1.165) is 61.1 Å². The molecule has 13 rings (SSSR count). The van der Waals surface area contributed by atoms with Crippen molar-refractivity contribution in [1.29, 1.82) is 0 Å². The lowest BCUT2D eigenvalue weighted by molar-refractivity contribution is 0.669. The van der Waals surface area contributed by atoms with Gasteiger partial charge in [0, 0.05) is 27.5 Å². The summed E-state index contributed by atoms with van der Waals surface area (Å²) in [6, 6.07) is 78.7. The van der Waals surface area contributed by atoms with Crippen LogP contribution in [-0.2, 0) is 5.41 Å². The molecule has 62 heavy (non-hydrogen) atoms. The molecular weight excluding hydrogens is 753 g/mol. The number of furan rings is 1. The van der Waals surface area contributed by atoms with Gasteiger partial charge in [-0.1, -0.05) is 188 Å². The second-order valence-electron chi connectivity index (χ2n) is 16.4. The van der Waals surface area contributed by atoms with Crippen LogP contribution in [0.1, 0.15) is 22.3 Å². The van der Waals surface area contributed by atoms with E-state index >= 15 is 0 Å². The highest BCUT2D eigenvalue weighted by Crippen LogP contribution is 2.61. The molecular formula is C59H36N2O. The van der Waals surface area contributed by atoms with Gasteiger partial charge in [0.1, 0.15) is 11.2 Å². The van der Waals surface area contributed by atoms with Crippen molar-refractivity contribution in [2.45, 2.75) is 5.41 Å². The van der Waals surface area contributed by atoms with E-state index in [1.165, 1.54) is 55.6 Å². The Morgan fingerprint density at radius 2 is 0.790 bits per heavy atom. The van der Waals surface area contributed by atoms with Gasteiger partial charge in [-0.3, -0.25) is 0 Å². The fraction of sp³-hybridized carbons (Fsp3) is 0.0169. The summed E-state index contributed by atoms with van der Waals surface area (Å²) < 4.78 is 6.41. The number of aromatic nitrogens is 2. The maximum atomic E-state index is 6.41. The van der Waals surface area contributed by atoms with E-state index in [0.29, 0.717) is 5.82 Å². The molecule has 2 aliphatic rings. The minimum absolute atomic E-state index is 0.610. The van der Waals surface area contributed by atoms with Crippen LogP contribution in [0, 0.1) is 0 Å². The average Bonchev–Trinajstić information content (AvgIpc) is 3.83. The third-order valence-electron chi connectivity index (χ3n) is 13.2. The van der Waals surface area contributed by atoms with Gasteiger partial charge in [-0.25, -0.2) is 9.97 Å². The van der Waals surface area contributed by atoms with Gasteiger partial charge in [0.2, 0.25) is 0 Å². The van der Waals surface area contributed by atoms with Gasteiger partial charge in [-0.05, 0) is 97.1 Å². The molecule has 0 N–H and O–H groups in total. The first kappa shape index (κ1) is 34.7. The zero-order valence-electron chi connectivity index (χ0n) is 33.6. The highest BCUT2D eigenvalue weighted by molar-refractivity contribution is 6.06. The number of rotatable bonds is 4. The largest absolute Gasteiger partial charge is 0.456 e. The zero-order chi connectivity index (χ0) is 40.8. The van der Waals surface area contributed by atoms with Crippen molar-refractivity contribution in [2.24, 2.45) is 0 Å². The summed E-state index contributed by atoms with van der Waals surface area (Å²) in [4.78, 5) is 11.0. The van der Waals surface area contributed by atoms with Gasteiger partial charge >= 0.3 is 0 Å². The molecule has 0 saturated carbocycles. The summed E-state index contributed by atoms with van der Waals surface area (Å²) in [7, 11) is 0. The summed E-state index contributed by atoms with van der Waals surface area (Å²) in [6.07, 6.45) is 0. The third-order valence-corrected chi connectivity index (χ3v) is 13.2. The number of nitrogens with zero attached hydrogens (tertiary/aromatic N) is 2. The first-order chi connectivity index (χ1) is 30.7. The number of hydrogen-bond donors (Lipinski definition) is 0. The topological polar surface area (TPSA) is 38.9 Å². The standard InChI is InChI=1S/C59H36N2O/c1-2-16-37(17-3-1)40-18-4-7-24-47(40)55-36-54(38-30-33-49-48-25-11-15-29-56(48)62-57(49)35-38)60-58(61-55)39-31-32-46-45-23-10-14-28-52(45)59(53(46)34-39)50-26-12-8-21-43(50)41-19-5-6-20-42(41)44-22-9-13-27-51(44)59/h1-36H. The molecule has 3 heteroatoms. The molecule has 0 bridgehead atoms. The van der Waals surface area contributed by atoms with Crippen LogP contribution in [-0.4, -0.2) is 9.97 Å². The molecule has 0 saturated heterocycles. The van der Waals surface area contributed by atoms with Crippen LogP contribution in [0.15, 0.2) is 223 Å². The normalized spacial score (nSPS) is 13.0. The summed E-state index contributed by atoms with van der Waals surface area (Å²) >= 11 is 0. The van der Waals surface area contributed by atoms with E-state index in [2.05, 4.69) is 206 Å². The molecule has 1 spiro atoms. The van der Waals surface area contributed by atoms with Gasteiger partial charge in [0.05, 0.1) is 16.8 Å². The molecule has 2 aliphatic carbocycles. The summed E-state index contributed by atoms with van der Waals surface area (Å²) in [5.41, 5.74) is 20.5. The lowest BCUT2D eigenvalue weighted by atomic mass is 9.66. The van der Waals surface area contributed by atoms with Crippen LogP contribution < -0.4 is 0 Å². The van der Waals surface area contributed by atoms with Crippen molar-refractivity contribution in [3.8, 4) is 78.4 Å². The SMILES string of the molecule is c1ccc(-c2ccccc2-c2cc(-c3ccc4c(c3)oc3ccccc34)nc(-c3ccc4c(c3)C3(c5ccccc5-c5ccccc5-c5ccccc53)c3ccccc3-4)n2)cc1. The van der Waals surface area contributed by atoms with Crippen molar-refractivity contribution in [3.05, 3.63) is 241 Å². The quantitative estimate of drug-likeness (QED) is 0.178. The van der Waals surface area contributed by atoms with Gasteiger partial charge < -0.3 is 4.42 Å². The van der Waals surface area contributed by atoms with E-state index in [4.69, 9.17) is 14.4 Å². The molecule has 2 aromatic heterocycles. The average molecular weight is 789 g/mol. The van der Waals surface area contributed by atoms with Crippen molar-refractivity contribution >= 4 is 21.9 Å². The molecule has 3 nitrogen and oxygen atoms in total. The predicted octanol–water partition coefficient (Wildman–Crippen LogP) is 15.1. The summed E-state index contributed by atoms with van der Waals surface area (Å²) in [6.45, 7) is 0. The van der Waals surface area contributed by atoms with Crippen molar-refractivity contribution in [1.82, 2.24) is 9.97 Å². The fourth-order valence-corrected chi connectivity index (χ4v) is 10.5. The van der Waals surface area contributed by atoms with Crippen molar-refractivity contribution in [3.63, 3.8) is 0 Å². The molecule has 0 amide bonds. The van der Waals surface area contributed by atoms with Crippen LogP contribution in [0.2, 0.25) is 0 Å². The Morgan fingerprint density at radius 1 is 0.290 bits per heavy atom. The lowest BCUT2D eigenvalue weighted by Gasteiger charge is -2.35. The summed E-state index contributed by atoms with van der Waals surface area (Å²) in [5, 5.41) is 2.19. The van der Waals surface area contributed by atoms with Gasteiger partial charge in [-0.2, -0.15) is 0 Å². The number of para-hydroxylation sites is 1. The first-order valence-electron chi connectivity index (χ1n) is 21.2. The van der Waals surface area contributed by atoms with Crippen LogP contribution in [0.5, 0.6) is 0 Å². The third kappa shape index (κ3) is 5.00. The minimum Gasteiger partial charge on any atom is -0.456 e. The maximum Gasteiger partial charge on any atom is 0.160 e. The van der Waals surface area contributed by atoms with Crippen molar-refractivity contribution in [2.75, 3.05) is 0 Å². The van der Waals surface area contributed by atoms with Gasteiger partial charge in [-0.15, -0.1) is 0 Å². The monoisotopic (exact) mass is 788 g/mol. The van der Waals surface area contributed by atoms with E-state index < -0.39 is 5.41 Å². The molecule has 0 atom stereocenters. The van der Waals surface area contributed by atoms with Gasteiger partial charge in [0.15, 0.2) is 5.82 Å². The Morgan fingerprint density at radius 3 is 1.48 bits per heavy atom. The molecule has 11 aromatic rings. The predicted molar refractivity (Wildman–Crippen MR) is 253 cm³/mol.